The van der Waals surface area contributed by atoms with Crippen molar-refractivity contribution >= 4 is 0 Å². The Hall–Kier alpha value is -0.520. The van der Waals surface area contributed by atoms with Gasteiger partial charge in [-0.2, -0.15) is 0 Å². The summed E-state index contributed by atoms with van der Waals surface area (Å²) in [6, 6.07) is 0. The molecular formula is C8H14O2. The number of aliphatic hydroxyl groups excluding tert-OH is 2. The molecule has 2 N–H and O–H groups in total. The van der Waals surface area contributed by atoms with Crippen LogP contribution in [0, 0.1) is 24.2 Å². The van der Waals surface area contributed by atoms with E-state index < -0.39 is 6.10 Å². The van der Waals surface area contributed by atoms with Crippen LogP contribution in [0.4, 0.5) is 0 Å². The lowest BCUT2D eigenvalue weighted by Crippen LogP contribution is -2.26. The monoisotopic (exact) mass is 142 g/mol. The van der Waals surface area contributed by atoms with Gasteiger partial charge in [-0.25, -0.2) is 0 Å². The van der Waals surface area contributed by atoms with E-state index in [1.807, 2.05) is 0 Å². The van der Waals surface area contributed by atoms with Gasteiger partial charge in [-0.1, -0.05) is 6.92 Å². The van der Waals surface area contributed by atoms with Crippen molar-refractivity contribution in [3.05, 3.63) is 0 Å². The summed E-state index contributed by atoms with van der Waals surface area (Å²) in [5.74, 6) is 2.11. The molecule has 0 bridgehead atoms. The molecular weight excluding hydrogens is 128 g/mol. The average molecular weight is 142 g/mol. The first-order valence-corrected chi connectivity index (χ1v) is 3.38. The first-order chi connectivity index (χ1) is 4.63. The summed E-state index contributed by atoms with van der Waals surface area (Å²) < 4.78 is 0. The van der Waals surface area contributed by atoms with E-state index in [2.05, 4.69) is 5.92 Å². The van der Waals surface area contributed by atoms with Crippen LogP contribution < -0.4 is 0 Å². The third kappa shape index (κ3) is 2.38. The summed E-state index contributed by atoms with van der Waals surface area (Å²) in [5, 5.41) is 17.9. The van der Waals surface area contributed by atoms with Gasteiger partial charge in [0.1, 0.15) is 0 Å². The van der Waals surface area contributed by atoms with Crippen molar-refractivity contribution in [1.29, 1.82) is 0 Å². The van der Waals surface area contributed by atoms with Crippen LogP contribution in [0.3, 0.4) is 0 Å². The lowest BCUT2D eigenvalue weighted by atomic mass is 9.95. The molecule has 58 valence electrons. The lowest BCUT2D eigenvalue weighted by Gasteiger charge is -2.18. The molecule has 2 heteroatoms. The van der Waals surface area contributed by atoms with Crippen LogP contribution in [0.25, 0.3) is 0 Å². The highest BCUT2D eigenvalue weighted by molar-refractivity contribution is 4.95. The van der Waals surface area contributed by atoms with Crippen molar-refractivity contribution in [2.24, 2.45) is 11.8 Å². The number of hydrogen-bond donors (Lipinski definition) is 2. The SMILES string of the molecule is C#C[C@H](C)[C@H](O)[C@@H](C)CO. The van der Waals surface area contributed by atoms with Gasteiger partial charge < -0.3 is 10.2 Å². The van der Waals surface area contributed by atoms with Crippen molar-refractivity contribution in [3.63, 3.8) is 0 Å². The molecule has 2 nitrogen and oxygen atoms in total. The Morgan fingerprint density at radius 3 is 2.30 bits per heavy atom. The van der Waals surface area contributed by atoms with Gasteiger partial charge in [0, 0.05) is 18.4 Å². The molecule has 0 aliphatic rings. The Morgan fingerprint density at radius 1 is 1.50 bits per heavy atom. The molecule has 0 aliphatic heterocycles. The maximum absolute atomic E-state index is 9.28. The Bertz CT molecular complexity index is 126. The van der Waals surface area contributed by atoms with E-state index in [-0.39, 0.29) is 18.4 Å². The Balaban J connectivity index is 3.84. The molecule has 0 spiro atoms. The molecule has 0 amide bonds. The van der Waals surface area contributed by atoms with Gasteiger partial charge in [-0.3, -0.25) is 0 Å². The maximum Gasteiger partial charge on any atom is 0.0722 e. The normalized spacial score (nSPS) is 19.1. The number of hydrogen-bond acceptors (Lipinski definition) is 2. The van der Waals surface area contributed by atoms with Crippen LogP contribution in [0.2, 0.25) is 0 Å². The van der Waals surface area contributed by atoms with E-state index in [0.29, 0.717) is 0 Å². The smallest absolute Gasteiger partial charge is 0.0722 e. The molecule has 0 radical (unpaired) electrons. The van der Waals surface area contributed by atoms with Gasteiger partial charge in [0.05, 0.1) is 6.10 Å². The highest BCUT2D eigenvalue weighted by atomic mass is 16.3. The zero-order valence-electron chi connectivity index (χ0n) is 6.41. The van der Waals surface area contributed by atoms with E-state index >= 15 is 0 Å². The van der Waals surface area contributed by atoms with Crippen molar-refractivity contribution in [3.8, 4) is 12.3 Å². The second-order valence-corrected chi connectivity index (χ2v) is 2.61. The zero-order valence-corrected chi connectivity index (χ0v) is 6.41. The molecule has 0 heterocycles. The third-order valence-corrected chi connectivity index (χ3v) is 1.65. The van der Waals surface area contributed by atoms with Crippen LogP contribution in [0.1, 0.15) is 13.8 Å². The van der Waals surface area contributed by atoms with Crippen LogP contribution in [0.5, 0.6) is 0 Å². The fourth-order valence-corrected chi connectivity index (χ4v) is 0.699. The molecule has 0 aromatic heterocycles. The van der Waals surface area contributed by atoms with E-state index in [4.69, 9.17) is 11.5 Å². The summed E-state index contributed by atoms with van der Waals surface area (Å²) in [6.45, 7) is 3.50. The van der Waals surface area contributed by atoms with E-state index in [1.54, 1.807) is 13.8 Å². The summed E-state index contributed by atoms with van der Waals surface area (Å²) in [6.07, 6.45) is 4.49. The zero-order chi connectivity index (χ0) is 8.15. The van der Waals surface area contributed by atoms with Crippen LogP contribution in [-0.2, 0) is 0 Å². The standard InChI is InChI=1S/C8H14O2/c1-4-6(2)8(10)7(3)5-9/h1,6-10H,5H2,2-3H3/t6-,7-,8-/m0/s1. The quantitative estimate of drug-likeness (QED) is 0.554. The Labute approximate surface area is 61.9 Å². The average Bonchev–Trinajstić information content (AvgIpc) is 2.00. The van der Waals surface area contributed by atoms with Crippen molar-refractivity contribution in [2.45, 2.75) is 20.0 Å². The molecule has 10 heavy (non-hydrogen) atoms. The van der Waals surface area contributed by atoms with Gasteiger partial charge in [0.15, 0.2) is 0 Å². The van der Waals surface area contributed by atoms with Crippen molar-refractivity contribution < 1.29 is 10.2 Å². The summed E-state index contributed by atoms with van der Waals surface area (Å²) in [7, 11) is 0. The minimum Gasteiger partial charge on any atom is -0.396 e. The first-order valence-electron chi connectivity index (χ1n) is 3.38. The molecule has 0 aromatic rings. The van der Waals surface area contributed by atoms with E-state index in [0.717, 1.165) is 0 Å². The second kappa shape index (κ2) is 4.32. The number of aliphatic hydroxyl groups is 2. The lowest BCUT2D eigenvalue weighted by molar-refractivity contribution is 0.0540. The first kappa shape index (κ1) is 9.48. The van der Waals surface area contributed by atoms with Crippen LogP contribution >= 0.6 is 0 Å². The maximum atomic E-state index is 9.28. The van der Waals surface area contributed by atoms with Gasteiger partial charge in [-0.15, -0.1) is 12.3 Å². The van der Waals surface area contributed by atoms with Gasteiger partial charge in [-0.05, 0) is 6.92 Å². The van der Waals surface area contributed by atoms with Gasteiger partial charge in [0.2, 0.25) is 0 Å². The number of terminal acetylenes is 1. The molecule has 0 rings (SSSR count). The molecule has 0 unspecified atom stereocenters. The summed E-state index contributed by atoms with van der Waals surface area (Å²) in [4.78, 5) is 0. The van der Waals surface area contributed by atoms with E-state index in [1.165, 1.54) is 0 Å². The van der Waals surface area contributed by atoms with Crippen molar-refractivity contribution in [1.82, 2.24) is 0 Å². The molecule has 3 atom stereocenters. The van der Waals surface area contributed by atoms with Gasteiger partial charge in [0.25, 0.3) is 0 Å². The fraction of sp³-hybridized carbons (Fsp3) is 0.750. The highest BCUT2D eigenvalue weighted by Crippen LogP contribution is 2.10. The fourth-order valence-electron chi connectivity index (χ4n) is 0.699. The largest absolute Gasteiger partial charge is 0.396 e. The molecule has 0 fully saturated rings. The summed E-state index contributed by atoms with van der Waals surface area (Å²) in [5.41, 5.74) is 0. The third-order valence-electron chi connectivity index (χ3n) is 1.65. The molecule has 0 aromatic carbocycles. The van der Waals surface area contributed by atoms with E-state index in [9.17, 15) is 5.11 Å². The molecule has 0 saturated carbocycles. The second-order valence-electron chi connectivity index (χ2n) is 2.61. The Morgan fingerprint density at radius 2 is 2.00 bits per heavy atom. The minimum atomic E-state index is -0.588. The topological polar surface area (TPSA) is 40.5 Å². The molecule has 0 aliphatic carbocycles. The van der Waals surface area contributed by atoms with Gasteiger partial charge >= 0.3 is 0 Å². The molecule has 0 saturated heterocycles. The van der Waals surface area contributed by atoms with Crippen LogP contribution in [0.15, 0.2) is 0 Å². The predicted octanol–water partition coefficient (Wildman–Crippen LogP) is 0.245. The Kier molecular flexibility index (Phi) is 4.10. The summed E-state index contributed by atoms with van der Waals surface area (Å²) >= 11 is 0. The predicted molar refractivity (Wildman–Crippen MR) is 40.3 cm³/mol. The highest BCUT2D eigenvalue weighted by Gasteiger charge is 2.17. The number of rotatable bonds is 3. The van der Waals surface area contributed by atoms with Crippen molar-refractivity contribution in [2.75, 3.05) is 6.61 Å². The van der Waals surface area contributed by atoms with Crippen LogP contribution in [-0.4, -0.2) is 22.9 Å². The minimum absolute atomic E-state index is 0.0206.